The number of nitrogens with two attached hydrogens (primary N) is 1. The number of benzene rings is 1. The van der Waals surface area contributed by atoms with Crippen molar-refractivity contribution in [1.29, 1.82) is 0 Å². The molecule has 0 fully saturated rings. The SMILES string of the molecule is CCc1ncnc(N(CCCN)c2ccccc2)c1F. The van der Waals surface area contributed by atoms with Crippen LogP contribution in [0.15, 0.2) is 36.7 Å². The average Bonchev–Trinajstić information content (AvgIpc) is 2.50. The van der Waals surface area contributed by atoms with Crippen molar-refractivity contribution in [3.8, 4) is 0 Å². The fourth-order valence-electron chi connectivity index (χ4n) is 2.04. The minimum absolute atomic E-state index is 0.316. The average molecular weight is 274 g/mol. The van der Waals surface area contributed by atoms with Crippen LogP contribution in [0.25, 0.3) is 0 Å². The summed E-state index contributed by atoms with van der Waals surface area (Å²) in [7, 11) is 0. The highest BCUT2D eigenvalue weighted by Crippen LogP contribution is 2.26. The molecule has 0 atom stereocenters. The molecule has 2 rings (SSSR count). The lowest BCUT2D eigenvalue weighted by molar-refractivity contribution is 0.589. The van der Waals surface area contributed by atoms with Crippen molar-refractivity contribution >= 4 is 11.5 Å². The second-order valence-corrected chi connectivity index (χ2v) is 4.44. The molecular formula is C15H19FN4. The van der Waals surface area contributed by atoms with E-state index in [1.165, 1.54) is 6.33 Å². The van der Waals surface area contributed by atoms with E-state index in [0.717, 1.165) is 12.1 Å². The summed E-state index contributed by atoms with van der Waals surface area (Å²) in [4.78, 5) is 9.94. The Kier molecular flexibility index (Phi) is 5.01. The fraction of sp³-hybridized carbons (Fsp3) is 0.333. The summed E-state index contributed by atoms with van der Waals surface area (Å²) < 4.78 is 14.4. The number of nitrogens with zero attached hydrogens (tertiary/aromatic N) is 3. The summed E-state index contributed by atoms with van der Waals surface area (Å²) in [6.45, 7) is 3.05. The highest BCUT2D eigenvalue weighted by Gasteiger charge is 2.17. The van der Waals surface area contributed by atoms with Crippen LogP contribution >= 0.6 is 0 Å². The van der Waals surface area contributed by atoms with Crippen LogP contribution in [0.5, 0.6) is 0 Å². The molecule has 1 aromatic carbocycles. The summed E-state index contributed by atoms with van der Waals surface area (Å²) in [6, 6.07) is 9.64. The van der Waals surface area contributed by atoms with Gasteiger partial charge >= 0.3 is 0 Å². The molecule has 0 unspecified atom stereocenters. The summed E-state index contributed by atoms with van der Waals surface area (Å²) >= 11 is 0. The lowest BCUT2D eigenvalue weighted by atomic mass is 10.2. The van der Waals surface area contributed by atoms with Crippen LogP contribution in [0.4, 0.5) is 15.9 Å². The molecule has 20 heavy (non-hydrogen) atoms. The maximum Gasteiger partial charge on any atom is 0.187 e. The van der Waals surface area contributed by atoms with Gasteiger partial charge in [-0.3, -0.25) is 0 Å². The quantitative estimate of drug-likeness (QED) is 0.880. The number of halogens is 1. The standard InChI is InChI=1S/C15H19FN4/c1-2-13-14(16)15(19-11-18-13)20(10-6-9-17)12-7-4-3-5-8-12/h3-5,7-8,11H,2,6,9-10,17H2,1H3. The first-order chi connectivity index (χ1) is 9.77. The molecule has 2 N–H and O–H groups in total. The van der Waals surface area contributed by atoms with Crippen molar-refractivity contribution in [3.05, 3.63) is 48.2 Å². The van der Waals surface area contributed by atoms with Crippen LogP contribution in [-0.4, -0.2) is 23.1 Å². The summed E-state index contributed by atoms with van der Waals surface area (Å²) in [5, 5.41) is 0. The third-order valence-electron chi connectivity index (χ3n) is 3.09. The van der Waals surface area contributed by atoms with Crippen LogP contribution in [-0.2, 0) is 6.42 Å². The smallest absolute Gasteiger partial charge is 0.187 e. The third-order valence-corrected chi connectivity index (χ3v) is 3.09. The van der Waals surface area contributed by atoms with E-state index in [0.29, 0.717) is 31.0 Å². The number of rotatable bonds is 6. The third kappa shape index (κ3) is 3.11. The van der Waals surface area contributed by atoms with E-state index in [4.69, 9.17) is 5.73 Å². The van der Waals surface area contributed by atoms with Crippen molar-refractivity contribution in [3.63, 3.8) is 0 Å². The molecule has 0 aliphatic carbocycles. The molecule has 0 amide bonds. The lowest BCUT2D eigenvalue weighted by Crippen LogP contribution is -2.23. The van der Waals surface area contributed by atoms with Crippen LogP contribution in [0.3, 0.4) is 0 Å². The fourth-order valence-corrected chi connectivity index (χ4v) is 2.04. The summed E-state index contributed by atoms with van der Waals surface area (Å²) in [5.74, 6) is -0.0348. The summed E-state index contributed by atoms with van der Waals surface area (Å²) in [5.41, 5.74) is 6.91. The number of aromatic nitrogens is 2. The molecule has 0 aliphatic rings. The molecule has 0 bridgehead atoms. The number of anilines is 2. The van der Waals surface area contributed by atoms with Crippen LogP contribution in [0.1, 0.15) is 19.0 Å². The molecule has 0 radical (unpaired) electrons. The molecule has 4 nitrogen and oxygen atoms in total. The molecule has 0 spiro atoms. The predicted octanol–water partition coefficient (Wildman–Crippen LogP) is 2.67. The van der Waals surface area contributed by atoms with Gasteiger partial charge in [0.25, 0.3) is 0 Å². The highest BCUT2D eigenvalue weighted by molar-refractivity contribution is 5.60. The number of hydrogen-bond acceptors (Lipinski definition) is 4. The maximum atomic E-state index is 14.4. The summed E-state index contributed by atoms with van der Waals surface area (Å²) in [6.07, 6.45) is 2.72. The Labute approximate surface area is 118 Å². The molecule has 106 valence electrons. The van der Waals surface area contributed by atoms with Gasteiger partial charge in [-0.05, 0) is 31.5 Å². The second-order valence-electron chi connectivity index (χ2n) is 4.44. The van der Waals surface area contributed by atoms with Gasteiger partial charge in [-0.2, -0.15) is 0 Å². The predicted molar refractivity (Wildman–Crippen MR) is 78.5 cm³/mol. The number of para-hydroxylation sites is 1. The topological polar surface area (TPSA) is 55.0 Å². The molecule has 0 aliphatic heterocycles. The Balaban J connectivity index is 2.41. The van der Waals surface area contributed by atoms with E-state index < -0.39 is 0 Å². The number of hydrogen-bond donors (Lipinski definition) is 1. The van der Waals surface area contributed by atoms with Crippen molar-refractivity contribution in [2.75, 3.05) is 18.0 Å². The maximum absolute atomic E-state index is 14.4. The molecule has 1 aromatic heterocycles. The molecule has 0 saturated carbocycles. The van der Waals surface area contributed by atoms with E-state index in [9.17, 15) is 4.39 Å². The minimum atomic E-state index is -0.351. The zero-order valence-corrected chi connectivity index (χ0v) is 11.6. The van der Waals surface area contributed by atoms with Crippen molar-refractivity contribution in [1.82, 2.24) is 9.97 Å². The Hall–Kier alpha value is -2.01. The molecular weight excluding hydrogens is 255 g/mol. The molecule has 2 aromatic rings. The van der Waals surface area contributed by atoms with E-state index in [2.05, 4.69) is 9.97 Å². The molecule has 1 heterocycles. The van der Waals surface area contributed by atoms with Crippen molar-refractivity contribution in [2.45, 2.75) is 19.8 Å². The van der Waals surface area contributed by atoms with Crippen molar-refractivity contribution < 1.29 is 4.39 Å². The van der Waals surface area contributed by atoms with Gasteiger partial charge in [0.2, 0.25) is 0 Å². The number of aryl methyl sites for hydroxylation is 1. The second kappa shape index (κ2) is 6.96. The molecule has 0 saturated heterocycles. The van der Waals surface area contributed by atoms with E-state index >= 15 is 0 Å². The Morgan fingerprint density at radius 1 is 1.20 bits per heavy atom. The van der Waals surface area contributed by atoms with Gasteiger partial charge in [0.15, 0.2) is 11.6 Å². The zero-order valence-electron chi connectivity index (χ0n) is 11.6. The first-order valence-corrected chi connectivity index (χ1v) is 6.80. The highest BCUT2D eigenvalue weighted by atomic mass is 19.1. The van der Waals surface area contributed by atoms with Crippen molar-refractivity contribution in [2.24, 2.45) is 5.73 Å². The van der Waals surface area contributed by atoms with Crippen LogP contribution in [0, 0.1) is 5.82 Å². The van der Waals surface area contributed by atoms with Gasteiger partial charge in [0, 0.05) is 12.2 Å². The van der Waals surface area contributed by atoms with Gasteiger partial charge < -0.3 is 10.6 Å². The van der Waals surface area contributed by atoms with Crippen LogP contribution < -0.4 is 10.6 Å². The largest absolute Gasteiger partial charge is 0.330 e. The van der Waals surface area contributed by atoms with E-state index in [-0.39, 0.29) is 5.82 Å². The zero-order chi connectivity index (χ0) is 14.4. The monoisotopic (exact) mass is 274 g/mol. The Bertz CT molecular complexity index is 545. The van der Waals surface area contributed by atoms with Gasteiger partial charge in [-0.25, -0.2) is 14.4 Å². The first-order valence-electron chi connectivity index (χ1n) is 6.80. The Morgan fingerprint density at radius 3 is 2.60 bits per heavy atom. The first kappa shape index (κ1) is 14.4. The van der Waals surface area contributed by atoms with E-state index in [1.807, 2.05) is 42.2 Å². The van der Waals surface area contributed by atoms with Crippen LogP contribution in [0.2, 0.25) is 0 Å². The van der Waals surface area contributed by atoms with E-state index in [1.54, 1.807) is 0 Å². The normalized spacial score (nSPS) is 10.6. The van der Waals surface area contributed by atoms with Gasteiger partial charge in [-0.1, -0.05) is 25.1 Å². The van der Waals surface area contributed by atoms with Gasteiger partial charge in [0.1, 0.15) is 6.33 Å². The Morgan fingerprint density at radius 2 is 1.95 bits per heavy atom. The lowest BCUT2D eigenvalue weighted by Gasteiger charge is -2.24. The molecule has 5 heteroatoms. The minimum Gasteiger partial charge on any atom is -0.330 e. The van der Waals surface area contributed by atoms with Gasteiger partial charge in [0.05, 0.1) is 5.69 Å². The van der Waals surface area contributed by atoms with Gasteiger partial charge in [-0.15, -0.1) is 0 Å².